The van der Waals surface area contributed by atoms with E-state index in [2.05, 4.69) is 21.7 Å². The zero-order valence-electron chi connectivity index (χ0n) is 11.5. The largest absolute Gasteiger partial charge is 0.387 e. The summed E-state index contributed by atoms with van der Waals surface area (Å²) in [5.74, 6) is 0.163. The quantitative estimate of drug-likeness (QED) is 0.860. The van der Waals surface area contributed by atoms with E-state index in [1.807, 2.05) is 37.1 Å². The van der Waals surface area contributed by atoms with Gasteiger partial charge >= 0.3 is 0 Å². The summed E-state index contributed by atoms with van der Waals surface area (Å²) >= 11 is 1.26. The lowest BCUT2D eigenvalue weighted by atomic mass is 9.92. The number of benzene rings is 1. The number of para-hydroxylation sites is 1. The predicted molar refractivity (Wildman–Crippen MR) is 80.6 cm³/mol. The highest BCUT2D eigenvalue weighted by Gasteiger charge is 2.36. The number of aliphatic hydroxyl groups excluding tert-OH is 1. The molecule has 21 heavy (non-hydrogen) atoms. The first kappa shape index (κ1) is 12.9. The van der Waals surface area contributed by atoms with Crippen LogP contribution in [0.1, 0.15) is 23.6 Å². The van der Waals surface area contributed by atoms with Crippen molar-refractivity contribution in [3.8, 4) is 5.69 Å². The maximum absolute atomic E-state index is 10.4. The zero-order valence-corrected chi connectivity index (χ0v) is 12.3. The number of fused-ring (bicyclic) bond motifs is 3. The second-order valence-corrected chi connectivity index (χ2v) is 5.65. The zero-order chi connectivity index (χ0) is 14.4. The molecule has 0 saturated heterocycles. The van der Waals surface area contributed by atoms with Crippen LogP contribution in [0.2, 0.25) is 0 Å². The Morgan fingerprint density at radius 2 is 2.29 bits per heavy atom. The van der Waals surface area contributed by atoms with Crippen LogP contribution >= 0.6 is 12.0 Å². The van der Waals surface area contributed by atoms with Crippen LogP contribution < -0.4 is 0 Å². The number of hydrogen-bond donors (Lipinski definition) is 1. The fourth-order valence-electron chi connectivity index (χ4n) is 2.99. The van der Waals surface area contributed by atoms with Crippen molar-refractivity contribution in [1.82, 2.24) is 14.6 Å². The van der Waals surface area contributed by atoms with Gasteiger partial charge in [0.2, 0.25) is 0 Å². The monoisotopic (exact) mass is 301 g/mol. The average molecular weight is 301 g/mol. The van der Waals surface area contributed by atoms with Gasteiger partial charge in [-0.05, 0) is 18.1 Å². The van der Waals surface area contributed by atoms with Gasteiger partial charge in [0.15, 0.2) is 0 Å². The molecule has 2 aromatic rings. The number of hydrogen-bond acceptors (Lipinski definition) is 5. The van der Waals surface area contributed by atoms with E-state index in [9.17, 15) is 5.11 Å². The van der Waals surface area contributed by atoms with E-state index in [1.165, 1.54) is 17.6 Å². The Morgan fingerprint density at radius 3 is 3.14 bits per heavy atom. The highest BCUT2D eigenvalue weighted by molar-refractivity contribution is 7.93. The Balaban J connectivity index is 1.58. The number of imidazole rings is 1. The molecule has 0 bridgehead atoms. The SMILES string of the molecule is CSON1C=C1C(O)CC1c2ccccc2-n2cncc21. The van der Waals surface area contributed by atoms with Gasteiger partial charge in [0, 0.05) is 30.4 Å². The van der Waals surface area contributed by atoms with Crippen molar-refractivity contribution in [2.45, 2.75) is 18.4 Å². The molecule has 0 fully saturated rings. The number of nitrogens with zero attached hydrogens (tertiary/aromatic N) is 3. The first-order valence-electron chi connectivity index (χ1n) is 6.81. The van der Waals surface area contributed by atoms with Gasteiger partial charge in [0.1, 0.15) is 0 Å². The Labute approximate surface area is 127 Å². The van der Waals surface area contributed by atoms with Crippen molar-refractivity contribution < 1.29 is 9.39 Å². The van der Waals surface area contributed by atoms with Crippen LogP contribution in [-0.2, 0) is 4.28 Å². The van der Waals surface area contributed by atoms with Crippen molar-refractivity contribution in [1.29, 1.82) is 0 Å². The molecule has 0 amide bonds. The van der Waals surface area contributed by atoms with Gasteiger partial charge < -0.3 is 9.67 Å². The molecule has 2 aliphatic heterocycles. The fraction of sp³-hybridized carbons (Fsp3) is 0.267. The number of aromatic nitrogens is 2. The molecule has 6 heteroatoms. The molecule has 1 N–H and O–H groups in total. The first-order valence-corrected chi connectivity index (χ1v) is 7.96. The van der Waals surface area contributed by atoms with Gasteiger partial charge in [0.25, 0.3) is 0 Å². The maximum Gasteiger partial charge on any atom is 0.0994 e. The standard InChI is InChI=1S/C15H15N3O2S/c1-21-20-18-8-14(18)15(19)6-11-10-4-2-3-5-12(10)17-9-16-7-13(11)17/h2-5,7-9,11,15,19H,6H2,1H3. The summed E-state index contributed by atoms with van der Waals surface area (Å²) in [6.07, 6.45) is 7.48. The number of aliphatic hydroxyl groups is 1. The Bertz CT molecular complexity index is 712. The van der Waals surface area contributed by atoms with Gasteiger partial charge in [-0.25, -0.2) is 10.0 Å². The van der Waals surface area contributed by atoms with E-state index in [4.69, 9.17) is 4.28 Å². The van der Waals surface area contributed by atoms with Crippen LogP contribution in [0.25, 0.3) is 5.69 Å². The maximum atomic E-state index is 10.4. The summed E-state index contributed by atoms with van der Waals surface area (Å²) in [7, 11) is 0. The third-order valence-electron chi connectivity index (χ3n) is 3.99. The van der Waals surface area contributed by atoms with E-state index in [1.54, 1.807) is 5.06 Å². The van der Waals surface area contributed by atoms with E-state index in [-0.39, 0.29) is 5.92 Å². The molecular weight excluding hydrogens is 286 g/mol. The second kappa shape index (κ2) is 4.91. The molecule has 4 rings (SSSR count). The molecule has 0 spiro atoms. The average Bonchev–Trinajstić information content (AvgIpc) is 3.00. The van der Waals surface area contributed by atoms with Crippen LogP contribution in [0.5, 0.6) is 0 Å². The second-order valence-electron chi connectivity index (χ2n) is 5.17. The molecule has 1 aromatic carbocycles. The molecular formula is C15H15N3O2S. The molecule has 2 aliphatic rings. The van der Waals surface area contributed by atoms with E-state index < -0.39 is 6.10 Å². The van der Waals surface area contributed by atoms with E-state index in [0.29, 0.717) is 6.42 Å². The minimum atomic E-state index is -0.531. The molecule has 5 nitrogen and oxygen atoms in total. The van der Waals surface area contributed by atoms with Crippen molar-refractivity contribution in [3.05, 3.63) is 59.9 Å². The van der Waals surface area contributed by atoms with E-state index in [0.717, 1.165) is 17.1 Å². The molecule has 0 aliphatic carbocycles. The van der Waals surface area contributed by atoms with Crippen LogP contribution in [0, 0.1) is 0 Å². The van der Waals surface area contributed by atoms with Crippen LogP contribution in [0.3, 0.4) is 0 Å². The normalized spacial score (nSPS) is 20.0. The molecule has 108 valence electrons. The third-order valence-corrected chi connectivity index (χ3v) is 4.30. The lowest BCUT2D eigenvalue weighted by Crippen LogP contribution is -2.15. The molecule has 2 atom stereocenters. The molecule has 3 heterocycles. The number of rotatable bonds is 5. The molecule has 0 radical (unpaired) electrons. The minimum absolute atomic E-state index is 0.163. The Morgan fingerprint density at radius 1 is 1.43 bits per heavy atom. The molecule has 2 unspecified atom stereocenters. The highest BCUT2D eigenvalue weighted by atomic mass is 32.2. The summed E-state index contributed by atoms with van der Waals surface area (Å²) < 4.78 is 7.36. The van der Waals surface area contributed by atoms with Crippen LogP contribution in [0.4, 0.5) is 0 Å². The van der Waals surface area contributed by atoms with E-state index >= 15 is 0 Å². The van der Waals surface area contributed by atoms with Crippen molar-refractivity contribution in [3.63, 3.8) is 0 Å². The summed E-state index contributed by atoms with van der Waals surface area (Å²) in [6.45, 7) is 0. The topological polar surface area (TPSA) is 50.3 Å². The minimum Gasteiger partial charge on any atom is -0.387 e. The van der Waals surface area contributed by atoms with Gasteiger partial charge in [-0.15, -0.1) is 0 Å². The lowest BCUT2D eigenvalue weighted by Gasteiger charge is -2.15. The fourth-order valence-corrected chi connectivity index (χ4v) is 3.28. The summed E-state index contributed by atoms with van der Waals surface area (Å²) in [5, 5.41) is 12.0. The van der Waals surface area contributed by atoms with Crippen molar-refractivity contribution >= 4 is 12.0 Å². The Kier molecular flexibility index (Phi) is 3.02. The van der Waals surface area contributed by atoms with Crippen molar-refractivity contribution in [2.75, 3.05) is 6.26 Å². The smallest absolute Gasteiger partial charge is 0.0994 e. The lowest BCUT2D eigenvalue weighted by molar-refractivity contribution is 0.0796. The molecule has 1 aromatic heterocycles. The van der Waals surface area contributed by atoms with Gasteiger partial charge in [-0.3, -0.25) is 0 Å². The Hall–Kier alpha value is -1.76. The van der Waals surface area contributed by atoms with Gasteiger partial charge in [0.05, 0.1) is 35.7 Å². The summed E-state index contributed by atoms with van der Waals surface area (Å²) in [6, 6.07) is 8.28. The summed E-state index contributed by atoms with van der Waals surface area (Å²) in [5.41, 5.74) is 4.37. The van der Waals surface area contributed by atoms with Crippen LogP contribution in [-0.4, -0.2) is 32.1 Å². The third kappa shape index (κ3) is 2.07. The van der Waals surface area contributed by atoms with Gasteiger partial charge in [-0.1, -0.05) is 18.2 Å². The first-order chi connectivity index (χ1) is 10.3. The van der Waals surface area contributed by atoms with Crippen molar-refractivity contribution in [2.24, 2.45) is 0 Å². The van der Waals surface area contributed by atoms with Gasteiger partial charge in [-0.2, -0.15) is 4.28 Å². The summed E-state index contributed by atoms with van der Waals surface area (Å²) in [4.78, 5) is 4.23. The van der Waals surface area contributed by atoms with Crippen LogP contribution in [0.15, 0.2) is 48.7 Å². The highest BCUT2D eigenvalue weighted by Crippen LogP contribution is 2.42. The predicted octanol–water partition coefficient (Wildman–Crippen LogP) is 2.44. The molecule has 0 saturated carbocycles. The number of hydroxylamine groups is 2.